The van der Waals surface area contributed by atoms with Crippen LogP contribution in [0.25, 0.3) is 0 Å². The fourth-order valence-electron chi connectivity index (χ4n) is 3.35. The first-order valence-corrected chi connectivity index (χ1v) is 9.42. The summed E-state index contributed by atoms with van der Waals surface area (Å²) in [6, 6.07) is 16.5. The second-order valence-electron chi connectivity index (χ2n) is 7.94. The molecule has 2 aromatic rings. The molecule has 0 radical (unpaired) electrons. The molecule has 1 atom stereocenters. The number of rotatable bonds is 4. The Morgan fingerprint density at radius 3 is 2.21 bits per heavy atom. The number of benzene rings is 2. The van der Waals surface area contributed by atoms with E-state index in [9.17, 15) is 9.59 Å². The average molecular weight is 399 g/mol. The molecule has 0 unspecified atom stereocenters. The van der Waals surface area contributed by atoms with Gasteiger partial charge in [0.2, 0.25) is 0 Å². The smallest absolute Gasteiger partial charge is 0.319 e. The number of nitrogens with zero attached hydrogens (tertiary/aromatic N) is 1. The summed E-state index contributed by atoms with van der Waals surface area (Å²) in [6.45, 7) is 6.75. The van der Waals surface area contributed by atoms with Gasteiger partial charge in [-0.15, -0.1) is 0 Å². The number of hydrogen-bond acceptors (Lipinski definition) is 5. The molecule has 0 aromatic heterocycles. The maximum Gasteiger partial charge on any atom is 0.319 e. The molecule has 1 N–H and O–H groups in total. The van der Waals surface area contributed by atoms with Gasteiger partial charge in [-0.05, 0) is 52.0 Å². The number of Topliss-reactive ketones (excluding diaryl/α,β-unsaturated/α-hetero) is 1. The number of carbonyl (C=O) groups excluding carboxylic acids is 2. The van der Waals surface area contributed by atoms with E-state index in [-0.39, 0.29) is 5.78 Å². The minimum Gasteiger partial charge on any atom is -0.454 e. The number of hydrazone groups is 1. The third kappa shape index (κ3) is 3.67. The quantitative estimate of drug-likeness (QED) is 0.350. The molecule has 1 aliphatic rings. The Labute approximate surface area is 169 Å². The van der Waals surface area contributed by atoms with Crippen molar-refractivity contribution >= 4 is 34.8 Å². The summed E-state index contributed by atoms with van der Waals surface area (Å²) in [5.74, 6) is -0.731. The average Bonchev–Trinajstić information content (AvgIpc) is 2.67. The zero-order valence-electron chi connectivity index (χ0n) is 16.3. The molecule has 5 nitrogen and oxygen atoms in total. The second kappa shape index (κ2) is 7.40. The fraction of sp³-hybridized carbons (Fsp3) is 0.318. The Bertz CT molecular complexity index is 919. The maximum absolute atomic E-state index is 13.1. The Morgan fingerprint density at radius 1 is 1.00 bits per heavy atom. The highest BCUT2D eigenvalue weighted by molar-refractivity contribution is 6.30. The van der Waals surface area contributed by atoms with Crippen LogP contribution in [0.5, 0.6) is 0 Å². The third-order valence-electron chi connectivity index (χ3n) is 5.01. The Morgan fingerprint density at radius 2 is 1.61 bits per heavy atom. The highest BCUT2D eigenvalue weighted by Gasteiger charge is 2.56. The van der Waals surface area contributed by atoms with E-state index in [2.05, 4.69) is 10.5 Å². The zero-order chi connectivity index (χ0) is 20.5. The van der Waals surface area contributed by atoms with Crippen LogP contribution in [0.3, 0.4) is 0 Å². The largest absolute Gasteiger partial charge is 0.454 e. The van der Waals surface area contributed by atoms with E-state index >= 15 is 0 Å². The van der Waals surface area contributed by atoms with Gasteiger partial charge < -0.3 is 4.74 Å². The van der Waals surface area contributed by atoms with E-state index in [4.69, 9.17) is 16.3 Å². The summed E-state index contributed by atoms with van der Waals surface area (Å²) >= 11 is 6.02. The minimum atomic E-state index is -1.20. The first-order valence-electron chi connectivity index (χ1n) is 9.04. The molecule has 0 aliphatic carbocycles. The van der Waals surface area contributed by atoms with Crippen LogP contribution in [-0.2, 0) is 14.3 Å². The van der Waals surface area contributed by atoms with Gasteiger partial charge in [0.25, 0.3) is 0 Å². The molecule has 1 aliphatic heterocycles. The molecule has 0 bridgehead atoms. The van der Waals surface area contributed by atoms with Gasteiger partial charge in [-0.25, -0.2) is 0 Å². The first-order chi connectivity index (χ1) is 13.1. The van der Waals surface area contributed by atoms with Gasteiger partial charge >= 0.3 is 5.97 Å². The molecule has 28 heavy (non-hydrogen) atoms. The SMILES string of the molecule is CC1(C)C(=O)O[C@@H](/C(=N\Nc2ccccc2)c2ccc(Cl)cc2)C(C)(C)C1=O. The Balaban J connectivity index is 2.06. The lowest BCUT2D eigenvalue weighted by atomic mass is 9.67. The topological polar surface area (TPSA) is 67.8 Å². The first kappa shape index (κ1) is 20.1. The van der Waals surface area contributed by atoms with Crippen molar-refractivity contribution in [2.45, 2.75) is 33.8 Å². The Hall–Kier alpha value is -2.66. The molecular formula is C22H23ClN2O3. The molecular weight excluding hydrogens is 376 g/mol. The van der Waals surface area contributed by atoms with Crippen LogP contribution in [0.2, 0.25) is 5.02 Å². The summed E-state index contributed by atoms with van der Waals surface area (Å²) in [5, 5.41) is 5.10. The van der Waals surface area contributed by atoms with Gasteiger partial charge in [-0.2, -0.15) is 5.10 Å². The van der Waals surface area contributed by atoms with Gasteiger partial charge in [-0.3, -0.25) is 15.0 Å². The molecule has 2 aromatic carbocycles. The maximum atomic E-state index is 13.1. The van der Waals surface area contributed by atoms with Crippen molar-refractivity contribution in [2.75, 3.05) is 5.43 Å². The van der Waals surface area contributed by atoms with Crippen molar-refractivity contribution in [1.82, 2.24) is 0 Å². The van der Waals surface area contributed by atoms with Gasteiger partial charge in [0.15, 0.2) is 11.9 Å². The number of carbonyl (C=O) groups is 2. The number of cyclic esters (lactones) is 1. The molecule has 1 saturated heterocycles. The highest BCUT2D eigenvalue weighted by Crippen LogP contribution is 2.41. The summed E-state index contributed by atoms with van der Waals surface area (Å²) < 4.78 is 5.76. The van der Waals surface area contributed by atoms with Gasteiger partial charge in [0, 0.05) is 10.6 Å². The number of ketones is 1. The second-order valence-corrected chi connectivity index (χ2v) is 8.38. The number of halogens is 1. The predicted molar refractivity (Wildman–Crippen MR) is 111 cm³/mol. The van der Waals surface area contributed by atoms with Crippen molar-refractivity contribution in [3.05, 3.63) is 65.2 Å². The Kier molecular flexibility index (Phi) is 5.31. The van der Waals surface area contributed by atoms with E-state index in [0.29, 0.717) is 16.3 Å². The van der Waals surface area contributed by atoms with Crippen molar-refractivity contribution in [3.8, 4) is 0 Å². The molecule has 1 fully saturated rings. The van der Waals surface area contributed by atoms with Crippen LogP contribution in [0.4, 0.5) is 5.69 Å². The molecule has 0 spiro atoms. The number of hydrogen-bond donors (Lipinski definition) is 1. The van der Waals surface area contributed by atoms with E-state index < -0.39 is 22.9 Å². The van der Waals surface area contributed by atoms with Crippen LogP contribution < -0.4 is 5.43 Å². The lowest BCUT2D eigenvalue weighted by Crippen LogP contribution is -2.58. The number of esters is 1. The van der Waals surface area contributed by atoms with Crippen molar-refractivity contribution in [1.29, 1.82) is 0 Å². The van der Waals surface area contributed by atoms with Crippen molar-refractivity contribution in [3.63, 3.8) is 0 Å². The number of ether oxygens (including phenoxy) is 1. The summed E-state index contributed by atoms with van der Waals surface area (Å²) in [7, 11) is 0. The monoisotopic (exact) mass is 398 g/mol. The lowest BCUT2D eigenvalue weighted by molar-refractivity contribution is -0.179. The predicted octanol–water partition coefficient (Wildman–Crippen LogP) is 4.70. The van der Waals surface area contributed by atoms with E-state index in [1.165, 1.54) is 0 Å². The van der Waals surface area contributed by atoms with Crippen LogP contribution >= 0.6 is 11.6 Å². The van der Waals surface area contributed by atoms with E-state index in [1.54, 1.807) is 52.0 Å². The number of nitrogens with one attached hydrogen (secondary N) is 1. The summed E-state index contributed by atoms with van der Waals surface area (Å²) in [5.41, 5.74) is 2.80. The van der Waals surface area contributed by atoms with Crippen LogP contribution in [0, 0.1) is 10.8 Å². The van der Waals surface area contributed by atoms with Crippen molar-refractivity contribution < 1.29 is 14.3 Å². The van der Waals surface area contributed by atoms with Crippen LogP contribution in [-0.4, -0.2) is 23.6 Å². The number of anilines is 1. The molecule has 0 saturated carbocycles. The van der Waals surface area contributed by atoms with Gasteiger partial charge in [0.1, 0.15) is 11.1 Å². The van der Waals surface area contributed by atoms with Crippen LogP contribution in [0.1, 0.15) is 33.3 Å². The molecule has 3 rings (SSSR count). The van der Waals surface area contributed by atoms with E-state index in [0.717, 1.165) is 5.69 Å². The lowest BCUT2D eigenvalue weighted by Gasteiger charge is -2.43. The summed E-state index contributed by atoms with van der Waals surface area (Å²) in [4.78, 5) is 25.6. The molecule has 146 valence electrons. The third-order valence-corrected chi connectivity index (χ3v) is 5.26. The minimum absolute atomic E-state index is 0.178. The van der Waals surface area contributed by atoms with E-state index in [1.807, 2.05) is 30.3 Å². The molecule has 6 heteroatoms. The van der Waals surface area contributed by atoms with Crippen LogP contribution in [0.15, 0.2) is 59.7 Å². The number of para-hydroxylation sites is 1. The zero-order valence-corrected chi connectivity index (χ0v) is 17.1. The summed E-state index contributed by atoms with van der Waals surface area (Å²) in [6.07, 6.45) is -0.835. The van der Waals surface area contributed by atoms with Crippen molar-refractivity contribution in [2.24, 2.45) is 15.9 Å². The van der Waals surface area contributed by atoms with Gasteiger partial charge in [-0.1, -0.05) is 41.9 Å². The standard InChI is InChI=1S/C22H23ClN2O3/c1-21(2)18(28-20(27)22(3,4)19(21)26)17(14-10-12-15(23)13-11-14)25-24-16-8-6-5-7-9-16/h5-13,18,24H,1-4H3/b25-17-/t18-/m0/s1. The highest BCUT2D eigenvalue weighted by atomic mass is 35.5. The molecule has 0 amide bonds. The fourth-order valence-corrected chi connectivity index (χ4v) is 3.48. The molecule has 1 heterocycles. The van der Waals surface area contributed by atoms with Gasteiger partial charge in [0.05, 0.1) is 11.1 Å². The normalized spacial score (nSPS) is 21.2.